The molecule has 1 aliphatic rings. The van der Waals surface area contributed by atoms with Crippen LogP contribution in [-0.2, 0) is 10.8 Å². The molecule has 3 nitrogen and oxygen atoms in total. The van der Waals surface area contributed by atoms with Crippen molar-refractivity contribution in [1.29, 1.82) is 0 Å². The zero-order chi connectivity index (χ0) is 31.6. The van der Waals surface area contributed by atoms with E-state index in [2.05, 4.69) is 138 Å². The SMILES string of the molecule is Cc1cc(-c2ccc3c(c2)C(C)(C)CC3(C)C)cc(-c2nc(-c3ccccc3)nc(-c3cc4ccccc4c4ccccc34)n2)c1. The summed E-state index contributed by atoms with van der Waals surface area (Å²) >= 11 is 0. The second-order valence-corrected chi connectivity index (χ2v) is 14.2. The van der Waals surface area contributed by atoms with Gasteiger partial charge in [0.2, 0.25) is 0 Å². The van der Waals surface area contributed by atoms with Crippen LogP contribution in [-0.4, -0.2) is 15.0 Å². The molecule has 6 aromatic carbocycles. The maximum atomic E-state index is 5.21. The third-order valence-corrected chi connectivity index (χ3v) is 9.71. The Morgan fingerprint density at radius 2 is 1.07 bits per heavy atom. The summed E-state index contributed by atoms with van der Waals surface area (Å²) in [7, 11) is 0. The number of rotatable bonds is 4. The van der Waals surface area contributed by atoms with Crippen molar-refractivity contribution in [2.45, 2.75) is 51.9 Å². The Bertz CT molecular complexity index is 2300. The van der Waals surface area contributed by atoms with Gasteiger partial charge in [-0.25, -0.2) is 15.0 Å². The topological polar surface area (TPSA) is 38.7 Å². The molecule has 8 rings (SSSR count). The fraction of sp³-hybridized carbons (Fsp3) is 0.186. The van der Waals surface area contributed by atoms with Gasteiger partial charge in [-0.1, -0.05) is 131 Å². The normalized spacial score (nSPS) is 14.9. The first-order chi connectivity index (χ1) is 22.2. The van der Waals surface area contributed by atoms with E-state index in [1.165, 1.54) is 44.0 Å². The van der Waals surface area contributed by atoms with Crippen LogP contribution in [0.1, 0.15) is 50.8 Å². The third-order valence-electron chi connectivity index (χ3n) is 9.71. The Kier molecular flexibility index (Phi) is 6.44. The monoisotopic (exact) mass is 595 g/mol. The van der Waals surface area contributed by atoms with Gasteiger partial charge in [0.15, 0.2) is 17.5 Å². The summed E-state index contributed by atoms with van der Waals surface area (Å²) in [5.74, 6) is 2.02. The van der Waals surface area contributed by atoms with Gasteiger partial charge in [0, 0.05) is 16.7 Å². The van der Waals surface area contributed by atoms with Crippen LogP contribution >= 0.6 is 0 Å². The predicted molar refractivity (Wildman–Crippen MR) is 192 cm³/mol. The molecule has 1 heterocycles. The standard InChI is InChI=1S/C43H37N3/c1-27-21-31(29-19-20-37-38(25-29)43(4,5)26-42(37,2)3)23-32(22-27)40-44-39(28-13-7-6-8-14-28)45-41(46-40)36-24-30-15-9-10-16-33(30)34-17-11-12-18-35(34)36/h6-25H,26H2,1-5H3. The van der Waals surface area contributed by atoms with Crippen LogP contribution in [0.3, 0.4) is 0 Å². The molecule has 7 aromatic rings. The van der Waals surface area contributed by atoms with Crippen LogP contribution in [0.5, 0.6) is 0 Å². The lowest BCUT2D eigenvalue weighted by atomic mass is 9.82. The van der Waals surface area contributed by atoms with E-state index in [1.807, 2.05) is 18.2 Å². The van der Waals surface area contributed by atoms with E-state index in [4.69, 9.17) is 15.0 Å². The van der Waals surface area contributed by atoms with E-state index >= 15 is 0 Å². The van der Waals surface area contributed by atoms with Crippen LogP contribution in [0.4, 0.5) is 0 Å². The molecule has 1 aliphatic carbocycles. The first kappa shape index (κ1) is 28.3. The van der Waals surface area contributed by atoms with Crippen molar-refractivity contribution in [3.05, 3.63) is 138 Å². The molecule has 0 saturated heterocycles. The van der Waals surface area contributed by atoms with Gasteiger partial charge in [0.25, 0.3) is 0 Å². The lowest BCUT2D eigenvalue weighted by Crippen LogP contribution is -2.17. The molecule has 0 saturated carbocycles. The van der Waals surface area contributed by atoms with E-state index in [-0.39, 0.29) is 10.8 Å². The molecule has 0 unspecified atom stereocenters. The summed E-state index contributed by atoms with van der Waals surface area (Å²) in [5.41, 5.74) is 9.77. The van der Waals surface area contributed by atoms with Crippen molar-refractivity contribution in [2.75, 3.05) is 0 Å². The van der Waals surface area contributed by atoms with Gasteiger partial charge < -0.3 is 0 Å². The molecule has 1 aromatic heterocycles. The van der Waals surface area contributed by atoms with E-state index in [0.717, 1.165) is 28.5 Å². The molecular formula is C43H37N3. The van der Waals surface area contributed by atoms with Crippen molar-refractivity contribution in [3.63, 3.8) is 0 Å². The summed E-state index contributed by atoms with van der Waals surface area (Å²) in [6, 6.07) is 43.3. The van der Waals surface area contributed by atoms with Gasteiger partial charge in [-0.2, -0.15) is 0 Å². The minimum atomic E-state index is 0.137. The molecule has 0 spiro atoms. The van der Waals surface area contributed by atoms with Gasteiger partial charge in [-0.05, 0) is 91.7 Å². The smallest absolute Gasteiger partial charge is 0.164 e. The summed E-state index contributed by atoms with van der Waals surface area (Å²) < 4.78 is 0. The van der Waals surface area contributed by atoms with Gasteiger partial charge >= 0.3 is 0 Å². The Morgan fingerprint density at radius 3 is 1.85 bits per heavy atom. The molecule has 3 heteroatoms. The van der Waals surface area contributed by atoms with E-state index in [1.54, 1.807) is 0 Å². The van der Waals surface area contributed by atoms with Gasteiger partial charge in [-0.15, -0.1) is 0 Å². The molecule has 0 amide bonds. The number of fused-ring (bicyclic) bond motifs is 4. The number of benzene rings is 6. The zero-order valence-corrected chi connectivity index (χ0v) is 27.1. The number of aryl methyl sites for hydroxylation is 1. The number of hydrogen-bond donors (Lipinski definition) is 0. The second-order valence-electron chi connectivity index (χ2n) is 14.2. The molecule has 0 N–H and O–H groups in total. The van der Waals surface area contributed by atoms with E-state index in [0.29, 0.717) is 17.5 Å². The average molecular weight is 596 g/mol. The highest BCUT2D eigenvalue weighted by molar-refractivity contribution is 6.13. The first-order valence-corrected chi connectivity index (χ1v) is 16.2. The molecule has 0 aliphatic heterocycles. The molecule has 0 radical (unpaired) electrons. The van der Waals surface area contributed by atoms with Crippen molar-refractivity contribution in [3.8, 4) is 45.3 Å². The van der Waals surface area contributed by atoms with E-state index in [9.17, 15) is 0 Å². The molecule has 0 fully saturated rings. The fourth-order valence-electron chi connectivity index (χ4n) is 7.83. The highest BCUT2D eigenvalue weighted by Crippen LogP contribution is 2.50. The Morgan fingerprint density at radius 1 is 0.457 bits per heavy atom. The van der Waals surface area contributed by atoms with Gasteiger partial charge in [0.1, 0.15) is 0 Å². The zero-order valence-electron chi connectivity index (χ0n) is 27.1. The summed E-state index contributed by atoms with van der Waals surface area (Å²) in [6.45, 7) is 11.6. The number of hydrogen-bond acceptors (Lipinski definition) is 3. The minimum Gasteiger partial charge on any atom is -0.208 e. The van der Waals surface area contributed by atoms with Crippen molar-refractivity contribution in [1.82, 2.24) is 15.0 Å². The number of aromatic nitrogens is 3. The lowest BCUT2D eigenvalue weighted by molar-refractivity contribution is 0.403. The van der Waals surface area contributed by atoms with Gasteiger partial charge in [0.05, 0.1) is 0 Å². The van der Waals surface area contributed by atoms with Crippen LogP contribution in [0.2, 0.25) is 0 Å². The van der Waals surface area contributed by atoms with Crippen molar-refractivity contribution >= 4 is 21.5 Å². The molecule has 0 bridgehead atoms. The summed E-state index contributed by atoms with van der Waals surface area (Å²) in [5, 5.41) is 4.72. The molecule has 0 atom stereocenters. The lowest BCUT2D eigenvalue weighted by Gasteiger charge is -2.22. The maximum absolute atomic E-state index is 5.21. The van der Waals surface area contributed by atoms with Crippen molar-refractivity contribution < 1.29 is 0 Å². The fourth-order valence-corrected chi connectivity index (χ4v) is 7.83. The third kappa shape index (κ3) is 4.79. The molecule has 46 heavy (non-hydrogen) atoms. The quantitative estimate of drug-likeness (QED) is 0.190. The largest absolute Gasteiger partial charge is 0.208 e. The average Bonchev–Trinajstić information content (AvgIpc) is 3.26. The number of nitrogens with zero attached hydrogens (tertiary/aromatic N) is 3. The Labute approximate surface area is 271 Å². The molecule has 224 valence electrons. The highest BCUT2D eigenvalue weighted by atomic mass is 15.0. The first-order valence-electron chi connectivity index (χ1n) is 16.2. The van der Waals surface area contributed by atoms with Crippen LogP contribution < -0.4 is 0 Å². The van der Waals surface area contributed by atoms with Crippen LogP contribution in [0.15, 0.2) is 121 Å². The van der Waals surface area contributed by atoms with Crippen LogP contribution in [0, 0.1) is 6.92 Å². The summed E-state index contributed by atoms with van der Waals surface area (Å²) in [6.07, 6.45) is 1.15. The highest BCUT2D eigenvalue weighted by Gasteiger charge is 2.41. The van der Waals surface area contributed by atoms with E-state index < -0.39 is 0 Å². The predicted octanol–water partition coefficient (Wildman–Crippen LogP) is 11.1. The molecular weight excluding hydrogens is 558 g/mol. The van der Waals surface area contributed by atoms with Crippen molar-refractivity contribution in [2.24, 2.45) is 0 Å². The van der Waals surface area contributed by atoms with Gasteiger partial charge in [-0.3, -0.25) is 0 Å². The second kappa shape index (κ2) is 10.5. The van der Waals surface area contributed by atoms with Crippen LogP contribution in [0.25, 0.3) is 66.8 Å². The Hall–Kier alpha value is -5.15. The maximum Gasteiger partial charge on any atom is 0.164 e. The summed E-state index contributed by atoms with van der Waals surface area (Å²) in [4.78, 5) is 15.4. The minimum absolute atomic E-state index is 0.137. The Balaban J connectivity index is 1.33.